The molecule has 1 aromatic heterocycles. The molecule has 0 unspecified atom stereocenters. The Morgan fingerprint density at radius 1 is 0.959 bits per heavy atom. The molecule has 10 nitrogen and oxygen atoms in total. The molecule has 2 aromatic carbocycles. The maximum Gasteiger partial charge on any atom is 0.435 e. The number of rotatable bonds is 12. The summed E-state index contributed by atoms with van der Waals surface area (Å²) in [6.45, 7) is 19.9. The maximum absolute atomic E-state index is 13.6. The molecule has 0 spiro atoms. The van der Waals surface area contributed by atoms with E-state index in [-0.39, 0.29) is 25.0 Å². The number of ether oxygens (including phenoxy) is 3. The third-order valence-electron chi connectivity index (χ3n) is 7.79. The molecule has 0 bridgehead atoms. The summed E-state index contributed by atoms with van der Waals surface area (Å²) in [5.74, 6) is 0.522. The van der Waals surface area contributed by atoms with Gasteiger partial charge >= 0.3 is 12.2 Å². The molecule has 3 aromatic rings. The fourth-order valence-corrected chi connectivity index (χ4v) is 8.05. The fourth-order valence-electron chi connectivity index (χ4n) is 5.12. The van der Waals surface area contributed by atoms with Crippen LogP contribution in [0.5, 0.6) is 5.75 Å². The monoisotopic (exact) mass is 758 g/mol. The molecule has 0 aliphatic rings. The molecule has 2 N–H and O–H groups in total. The molecule has 49 heavy (non-hydrogen) atoms. The van der Waals surface area contributed by atoms with Crippen molar-refractivity contribution in [2.24, 2.45) is 0 Å². The van der Waals surface area contributed by atoms with Crippen LogP contribution >= 0.6 is 34.8 Å². The summed E-state index contributed by atoms with van der Waals surface area (Å²) in [4.78, 5) is 28.1. The van der Waals surface area contributed by atoms with Gasteiger partial charge in [-0.1, -0.05) is 38.4 Å². The van der Waals surface area contributed by atoms with Crippen LogP contribution < -0.4 is 10.5 Å². The maximum atomic E-state index is 13.6. The van der Waals surface area contributed by atoms with Crippen molar-refractivity contribution in [2.45, 2.75) is 105 Å². The first-order chi connectivity index (χ1) is 22.8. The highest BCUT2D eigenvalue weighted by Crippen LogP contribution is 2.33. The van der Waals surface area contributed by atoms with Gasteiger partial charge in [0.1, 0.15) is 23.6 Å². The van der Waals surface area contributed by atoms with E-state index in [4.69, 9.17) is 59.2 Å². The predicted octanol–water partition coefficient (Wildman–Crippen LogP) is 10.2. The quantitative estimate of drug-likeness (QED) is 0.110. The highest BCUT2D eigenvalue weighted by molar-refractivity contribution is 6.73. The lowest BCUT2D eigenvalue weighted by molar-refractivity contribution is 0.0131. The van der Waals surface area contributed by atoms with Gasteiger partial charge in [0.05, 0.1) is 46.5 Å². The number of nitrogen functional groups attached to an aromatic ring is 1. The van der Waals surface area contributed by atoms with Gasteiger partial charge in [-0.2, -0.15) is 9.78 Å². The second-order valence-corrected chi connectivity index (χ2v) is 19.6. The zero-order chi connectivity index (χ0) is 37.2. The number of halogens is 3. The third-order valence-corrected chi connectivity index (χ3v) is 12.8. The minimum atomic E-state index is -2.11. The number of fused-ring (bicyclic) bond motifs is 1. The smallest absolute Gasteiger partial charge is 0.435 e. The standard InChI is InChI=1S/C34H51ClN4O6Si.CH2Cl2/c1-11-46(12-2,13-3)45-30(24-14-17-27(35)28(36)20-24)22-38(31(40)43-33(5,6)7)18-19-42-25-15-16-26-23(4)37-39(29(26)21-25)32(41)44-34(8,9)10;2-1-3/h14-17,20-21,30H,11-13,18-19,22,36H2,1-10H3;1H2/t30-;/m0./s1. The Balaban J connectivity index is 0.00000267. The molecule has 3 rings (SSSR count). The molecule has 0 saturated heterocycles. The molecule has 0 fully saturated rings. The van der Waals surface area contributed by atoms with Crippen LogP contribution in [0.4, 0.5) is 15.3 Å². The molecule has 0 saturated carbocycles. The van der Waals surface area contributed by atoms with Crippen LogP contribution in [0.2, 0.25) is 23.2 Å². The Hall–Kier alpha value is -2.70. The summed E-state index contributed by atoms with van der Waals surface area (Å²) in [7, 11) is -2.11. The molecule has 274 valence electrons. The number of carbonyl (C=O) groups excluding carboxylic acids is 2. The van der Waals surface area contributed by atoms with Gasteiger partial charge in [-0.25, -0.2) is 9.59 Å². The van der Waals surface area contributed by atoms with E-state index in [1.54, 1.807) is 37.8 Å². The van der Waals surface area contributed by atoms with Crippen LogP contribution in [0.1, 0.15) is 79.7 Å². The van der Waals surface area contributed by atoms with Gasteiger partial charge in [0.25, 0.3) is 0 Å². The Kier molecular flexibility index (Phi) is 16.0. The molecule has 1 atom stereocenters. The van der Waals surface area contributed by atoms with Crippen LogP contribution in [0.25, 0.3) is 10.9 Å². The Morgan fingerprint density at radius 3 is 2.08 bits per heavy atom. The van der Waals surface area contributed by atoms with E-state index in [1.807, 2.05) is 52.0 Å². The van der Waals surface area contributed by atoms with Crippen molar-refractivity contribution in [3.05, 3.63) is 52.7 Å². The second kappa shape index (κ2) is 18.5. The zero-order valence-electron chi connectivity index (χ0n) is 30.5. The minimum absolute atomic E-state index is 0.164. The molecule has 1 amide bonds. The lowest BCUT2D eigenvalue weighted by atomic mass is 10.1. The number of aryl methyl sites for hydroxylation is 1. The number of anilines is 1. The van der Waals surface area contributed by atoms with E-state index in [9.17, 15) is 9.59 Å². The minimum Gasteiger partial charge on any atom is -0.492 e. The van der Waals surface area contributed by atoms with E-state index in [2.05, 4.69) is 25.9 Å². The van der Waals surface area contributed by atoms with Crippen molar-refractivity contribution in [3.63, 3.8) is 0 Å². The van der Waals surface area contributed by atoms with Crippen molar-refractivity contribution in [1.29, 1.82) is 0 Å². The average molecular weight is 760 g/mol. The Bertz CT molecular complexity index is 1530. The highest BCUT2D eigenvalue weighted by Gasteiger charge is 2.35. The second-order valence-electron chi connectivity index (χ2n) is 13.7. The van der Waals surface area contributed by atoms with Crippen molar-refractivity contribution in [3.8, 4) is 5.75 Å². The van der Waals surface area contributed by atoms with Crippen molar-refractivity contribution >= 4 is 71.9 Å². The summed E-state index contributed by atoms with van der Waals surface area (Å²) in [5.41, 5.74) is 7.40. The fraction of sp³-hybridized carbons (Fsp3) is 0.571. The first-order valence-electron chi connectivity index (χ1n) is 16.5. The van der Waals surface area contributed by atoms with Gasteiger partial charge in [-0.3, -0.25) is 0 Å². The number of hydrogen-bond donors (Lipinski definition) is 1. The third kappa shape index (κ3) is 12.8. The Labute approximate surface area is 307 Å². The largest absolute Gasteiger partial charge is 0.492 e. The van der Waals surface area contributed by atoms with Gasteiger partial charge in [-0.05, 0) is 96.4 Å². The first-order valence-corrected chi connectivity index (χ1v) is 20.5. The van der Waals surface area contributed by atoms with Gasteiger partial charge in [0.2, 0.25) is 0 Å². The summed E-state index contributed by atoms with van der Waals surface area (Å²) in [6.07, 6.45) is -1.49. The van der Waals surface area contributed by atoms with Crippen LogP contribution in [0.3, 0.4) is 0 Å². The number of nitrogens with two attached hydrogens (primary N) is 1. The van der Waals surface area contributed by atoms with Crippen molar-refractivity contribution < 1.29 is 28.2 Å². The molecule has 0 radical (unpaired) electrons. The van der Waals surface area contributed by atoms with Gasteiger partial charge in [0, 0.05) is 11.5 Å². The number of benzene rings is 2. The zero-order valence-corrected chi connectivity index (χ0v) is 33.8. The number of carbonyl (C=O) groups is 2. The lowest BCUT2D eigenvalue weighted by Crippen LogP contribution is -2.45. The molecule has 0 aliphatic heterocycles. The van der Waals surface area contributed by atoms with Gasteiger partial charge in [0.15, 0.2) is 8.32 Å². The highest BCUT2D eigenvalue weighted by atomic mass is 35.5. The van der Waals surface area contributed by atoms with Crippen LogP contribution in [-0.4, -0.2) is 71.4 Å². The molecule has 1 heterocycles. The van der Waals surface area contributed by atoms with Gasteiger partial charge in [-0.15, -0.1) is 23.2 Å². The number of amides is 1. The van der Waals surface area contributed by atoms with Crippen molar-refractivity contribution in [1.82, 2.24) is 14.7 Å². The summed E-state index contributed by atoms with van der Waals surface area (Å²) < 4.78 is 25.7. The van der Waals surface area contributed by atoms with E-state index >= 15 is 0 Å². The van der Waals surface area contributed by atoms with E-state index in [0.717, 1.165) is 29.1 Å². The van der Waals surface area contributed by atoms with E-state index in [0.29, 0.717) is 27.7 Å². The molecular formula is C35H53Cl3N4O6Si. The first kappa shape index (κ1) is 42.5. The SMILES string of the molecule is CC[Si](CC)(CC)O[C@@H](CN(CCOc1ccc2c(C)nn(C(=O)OC(C)(C)C)c2c1)C(=O)OC(C)(C)C)c1ccc(Cl)c(N)c1.ClCCl. The molecule has 0 aliphatic carbocycles. The molecular weight excluding hydrogens is 707 g/mol. The summed E-state index contributed by atoms with van der Waals surface area (Å²) >= 11 is 15.8. The van der Waals surface area contributed by atoms with E-state index in [1.165, 1.54) is 4.68 Å². The lowest BCUT2D eigenvalue weighted by Gasteiger charge is -2.36. The molecule has 14 heteroatoms. The van der Waals surface area contributed by atoms with Gasteiger partial charge < -0.3 is 29.3 Å². The van der Waals surface area contributed by atoms with Crippen LogP contribution in [0, 0.1) is 6.92 Å². The average Bonchev–Trinajstić information content (AvgIpc) is 3.34. The van der Waals surface area contributed by atoms with E-state index < -0.39 is 37.8 Å². The number of nitrogens with zero attached hydrogens (tertiary/aromatic N) is 3. The van der Waals surface area contributed by atoms with Crippen LogP contribution in [0.15, 0.2) is 36.4 Å². The predicted molar refractivity (Wildman–Crippen MR) is 203 cm³/mol. The van der Waals surface area contributed by atoms with Crippen LogP contribution in [-0.2, 0) is 13.9 Å². The number of hydrogen-bond acceptors (Lipinski definition) is 8. The summed E-state index contributed by atoms with van der Waals surface area (Å²) in [5, 5.41) is 5.86. The Morgan fingerprint density at radius 2 is 1.55 bits per heavy atom. The summed E-state index contributed by atoms with van der Waals surface area (Å²) in [6, 6.07) is 13.7. The van der Waals surface area contributed by atoms with Crippen molar-refractivity contribution in [2.75, 3.05) is 30.8 Å². The topological polar surface area (TPSA) is 118 Å². The normalized spacial score (nSPS) is 12.6. The number of alkyl halides is 2. The number of aromatic nitrogens is 2.